The van der Waals surface area contributed by atoms with E-state index in [0.717, 1.165) is 5.92 Å². The molecule has 0 aromatic carbocycles. The standard InChI is InChI=1S/C17H27N/c1-2-3-14-18-15-10-6-9-13-17(18)16-11-7-4-5-8-12-16/h6,9-10,13,15-16H,2-5,7-8,11-12,14H2,1H3. The molecular formula is C17H27N. The molecule has 0 radical (unpaired) electrons. The molecule has 0 amide bonds. The SMILES string of the molecule is CCCCN1C=CC=CC=C1C1CCCCCC1. The minimum absolute atomic E-state index is 0.789. The van der Waals surface area contributed by atoms with E-state index in [0.29, 0.717) is 0 Å². The molecule has 1 fully saturated rings. The summed E-state index contributed by atoms with van der Waals surface area (Å²) in [6, 6.07) is 0. The summed E-state index contributed by atoms with van der Waals surface area (Å²) in [7, 11) is 0. The largest absolute Gasteiger partial charge is 0.351 e. The summed E-state index contributed by atoms with van der Waals surface area (Å²) in [6.07, 6.45) is 22.2. The zero-order valence-corrected chi connectivity index (χ0v) is 11.8. The van der Waals surface area contributed by atoms with Gasteiger partial charge in [0.1, 0.15) is 0 Å². The first kappa shape index (κ1) is 13.5. The van der Waals surface area contributed by atoms with Gasteiger partial charge in [-0.05, 0) is 37.3 Å². The van der Waals surface area contributed by atoms with Crippen molar-refractivity contribution in [2.24, 2.45) is 5.92 Å². The first-order valence-electron chi connectivity index (χ1n) is 7.73. The van der Waals surface area contributed by atoms with Gasteiger partial charge in [-0.2, -0.15) is 0 Å². The van der Waals surface area contributed by atoms with E-state index in [1.807, 2.05) is 0 Å². The third kappa shape index (κ3) is 3.76. The Labute approximate surface area is 112 Å². The van der Waals surface area contributed by atoms with Crippen LogP contribution in [0.4, 0.5) is 0 Å². The number of unbranched alkanes of at least 4 members (excludes halogenated alkanes) is 1. The lowest BCUT2D eigenvalue weighted by Gasteiger charge is -2.29. The van der Waals surface area contributed by atoms with Crippen LogP contribution in [0.3, 0.4) is 0 Å². The molecule has 1 saturated carbocycles. The van der Waals surface area contributed by atoms with Crippen molar-refractivity contribution in [3.63, 3.8) is 0 Å². The summed E-state index contributed by atoms with van der Waals surface area (Å²) < 4.78 is 0. The lowest BCUT2D eigenvalue weighted by atomic mass is 9.95. The maximum atomic E-state index is 2.50. The Kier molecular flexibility index (Phi) is 5.57. The summed E-state index contributed by atoms with van der Waals surface area (Å²) in [6.45, 7) is 3.45. The lowest BCUT2D eigenvalue weighted by molar-refractivity contribution is 0.362. The molecule has 1 heterocycles. The van der Waals surface area contributed by atoms with E-state index in [1.54, 1.807) is 5.70 Å². The Morgan fingerprint density at radius 1 is 1.06 bits per heavy atom. The van der Waals surface area contributed by atoms with Crippen LogP contribution in [0.25, 0.3) is 0 Å². The molecular weight excluding hydrogens is 218 g/mol. The van der Waals surface area contributed by atoms with E-state index in [4.69, 9.17) is 0 Å². The van der Waals surface area contributed by atoms with Crippen LogP contribution >= 0.6 is 0 Å². The van der Waals surface area contributed by atoms with Crippen molar-refractivity contribution in [1.82, 2.24) is 4.90 Å². The molecule has 1 heteroatoms. The van der Waals surface area contributed by atoms with Crippen molar-refractivity contribution in [1.29, 1.82) is 0 Å². The van der Waals surface area contributed by atoms with E-state index in [9.17, 15) is 0 Å². The predicted octanol–water partition coefficient (Wildman–Crippen LogP) is 5.03. The van der Waals surface area contributed by atoms with Gasteiger partial charge in [0.25, 0.3) is 0 Å². The topological polar surface area (TPSA) is 3.24 Å². The zero-order chi connectivity index (χ0) is 12.6. The van der Waals surface area contributed by atoms with Crippen molar-refractivity contribution >= 4 is 0 Å². The second kappa shape index (κ2) is 7.45. The molecule has 0 aromatic rings. The van der Waals surface area contributed by atoms with E-state index >= 15 is 0 Å². The fourth-order valence-corrected chi connectivity index (χ4v) is 3.03. The second-order valence-corrected chi connectivity index (χ2v) is 5.55. The van der Waals surface area contributed by atoms with Crippen molar-refractivity contribution in [2.75, 3.05) is 6.54 Å². The molecule has 0 saturated heterocycles. The molecule has 0 N–H and O–H groups in total. The molecule has 2 rings (SSSR count). The van der Waals surface area contributed by atoms with Gasteiger partial charge >= 0.3 is 0 Å². The molecule has 0 atom stereocenters. The molecule has 1 aliphatic carbocycles. The van der Waals surface area contributed by atoms with Crippen LogP contribution < -0.4 is 0 Å². The number of nitrogens with zero attached hydrogens (tertiary/aromatic N) is 1. The Bertz CT molecular complexity index is 317. The molecule has 18 heavy (non-hydrogen) atoms. The Balaban J connectivity index is 2.06. The van der Waals surface area contributed by atoms with Crippen LogP contribution in [0, 0.1) is 5.92 Å². The van der Waals surface area contributed by atoms with Crippen molar-refractivity contribution < 1.29 is 0 Å². The molecule has 1 aliphatic heterocycles. The maximum Gasteiger partial charge on any atom is 0.0222 e. The second-order valence-electron chi connectivity index (χ2n) is 5.55. The minimum atomic E-state index is 0.789. The van der Waals surface area contributed by atoms with E-state index in [2.05, 4.69) is 42.3 Å². The van der Waals surface area contributed by atoms with Crippen LogP contribution in [0.2, 0.25) is 0 Å². The average molecular weight is 245 g/mol. The van der Waals surface area contributed by atoms with E-state index in [-0.39, 0.29) is 0 Å². The Hall–Kier alpha value is -0.980. The quantitative estimate of drug-likeness (QED) is 0.628. The number of hydrogen-bond acceptors (Lipinski definition) is 1. The summed E-state index contributed by atoms with van der Waals surface area (Å²) >= 11 is 0. The van der Waals surface area contributed by atoms with Gasteiger partial charge in [-0.25, -0.2) is 0 Å². The summed E-state index contributed by atoms with van der Waals surface area (Å²) in [5.74, 6) is 0.789. The van der Waals surface area contributed by atoms with Gasteiger partial charge in [0, 0.05) is 18.4 Å². The van der Waals surface area contributed by atoms with Crippen LogP contribution in [0.1, 0.15) is 58.3 Å². The van der Waals surface area contributed by atoms with Crippen LogP contribution in [0.15, 0.2) is 36.2 Å². The first-order chi connectivity index (χ1) is 8.92. The summed E-state index contributed by atoms with van der Waals surface area (Å²) in [4.78, 5) is 2.50. The van der Waals surface area contributed by atoms with Gasteiger partial charge in [-0.3, -0.25) is 0 Å². The van der Waals surface area contributed by atoms with Gasteiger partial charge in [0.15, 0.2) is 0 Å². The molecule has 0 spiro atoms. The molecule has 0 unspecified atom stereocenters. The molecule has 1 nitrogen and oxygen atoms in total. The van der Waals surface area contributed by atoms with Gasteiger partial charge in [-0.15, -0.1) is 0 Å². The third-order valence-electron chi connectivity index (χ3n) is 4.11. The number of rotatable bonds is 4. The first-order valence-corrected chi connectivity index (χ1v) is 7.73. The molecule has 0 aromatic heterocycles. The number of allylic oxidation sites excluding steroid dienone is 5. The van der Waals surface area contributed by atoms with E-state index < -0.39 is 0 Å². The Morgan fingerprint density at radius 3 is 2.56 bits per heavy atom. The summed E-state index contributed by atoms with van der Waals surface area (Å²) in [5, 5.41) is 0. The Morgan fingerprint density at radius 2 is 1.83 bits per heavy atom. The lowest BCUT2D eigenvalue weighted by Crippen LogP contribution is -2.23. The van der Waals surface area contributed by atoms with Crippen molar-refractivity contribution in [3.05, 3.63) is 36.2 Å². The van der Waals surface area contributed by atoms with Gasteiger partial charge in [0.05, 0.1) is 0 Å². The molecule has 100 valence electrons. The van der Waals surface area contributed by atoms with E-state index in [1.165, 1.54) is 57.9 Å². The molecule has 2 aliphatic rings. The van der Waals surface area contributed by atoms with Crippen molar-refractivity contribution in [3.8, 4) is 0 Å². The highest BCUT2D eigenvalue weighted by Crippen LogP contribution is 2.31. The maximum absolute atomic E-state index is 2.50. The zero-order valence-electron chi connectivity index (χ0n) is 11.8. The van der Waals surface area contributed by atoms with Crippen LogP contribution in [0.5, 0.6) is 0 Å². The van der Waals surface area contributed by atoms with Gasteiger partial charge < -0.3 is 4.90 Å². The fraction of sp³-hybridized carbons (Fsp3) is 0.647. The van der Waals surface area contributed by atoms with Crippen LogP contribution in [-0.4, -0.2) is 11.4 Å². The number of hydrogen-bond donors (Lipinski definition) is 0. The average Bonchev–Trinajstić information content (AvgIpc) is 2.78. The fourth-order valence-electron chi connectivity index (χ4n) is 3.03. The monoisotopic (exact) mass is 245 g/mol. The predicted molar refractivity (Wildman–Crippen MR) is 79.2 cm³/mol. The minimum Gasteiger partial charge on any atom is -0.351 e. The van der Waals surface area contributed by atoms with Gasteiger partial charge in [-0.1, -0.05) is 51.2 Å². The van der Waals surface area contributed by atoms with Gasteiger partial charge in [0.2, 0.25) is 0 Å². The summed E-state index contributed by atoms with van der Waals surface area (Å²) in [5.41, 5.74) is 1.57. The van der Waals surface area contributed by atoms with Crippen molar-refractivity contribution in [2.45, 2.75) is 58.3 Å². The smallest absolute Gasteiger partial charge is 0.0222 e. The highest BCUT2D eigenvalue weighted by atomic mass is 15.1. The normalized spacial score (nSPS) is 21.6. The third-order valence-corrected chi connectivity index (χ3v) is 4.11. The highest BCUT2D eigenvalue weighted by Gasteiger charge is 2.20. The van der Waals surface area contributed by atoms with Crippen LogP contribution in [-0.2, 0) is 0 Å². The molecule has 0 bridgehead atoms. The highest BCUT2D eigenvalue weighted by molar-refractivity contribution is 5.23.